The number of ether oxygens (including phenoxy) is 1. The maximum Gasteiger partial charge on any atom is 0.255 e. The highest BCUT2D eigenvalue weighted by molar-refractivity contribution is 7.89. The van der Waals surface area contributed by atoms with Gasteiger partial charge in [-0.25, -0.2) is 8.42 Å². The Kier molecular flexibility index (Phi) is 6.36. The van der Waals surface area contributed by atoms with Gasteiger partial charge in [-0.15, -0.1) is 0 Å². The molecule has 1 aliphatic rings. The van der Waals surface area contributed by atoms with Crippen LogP contribution in [0.4, 0.5) is 0 Å². The molecule has 28 heavy (non-hydrogen) atoms. The topological polar surface area (TPSA) is 75.7 Å². The van der Waals surface area contributed by atoms with Gasteiger partial charge in [0.05, 0.1) is 17.6 Å². The van der Waals surface area contributed by atoms with Crippen molar-refractivity contribution in [2.24, 2.45) is 5.92 Å². The highest BCUT2D eigenvalue weighted by Gasteiger charge is 2.29. The van der Waals surface area contributed by atoms with E-state index in [1.165, 1.54) is 29.6 Å². The molecule has 2 aromatic rings. The van der Waals surface area contributed by atoms with Crippen LogP contribution in [-0.2, 0) is 16.6 Å². The second-order valence-corrected chi connectivity index (χ2v) is 9.05. The van der Waals surface area contributed by atoms with E-state index >= 15 is 0 Å². The van der Waals surface area contributed by atoms with Gasteiger partial charge in [0.2, 0.25) is 10.0 Å². The largest absolute Gasteiger partial charge is 0.496 e. The van der Waals surface area contributed by atoms with Crippen molar-refractivity contribution in [1.29, 1.82) is 0 Å². The third kappa shape index (κ3) is 4.54. The van der Waals surface area contributed by atoms with Crippen molar-refractivity contribution in [2.75, 3.05) is 20.2 Å². The normalized spacial score (nSPS) is 15.9. The zero-order valence-corrected chi connectivity index (χ0v) is 17.0. The number of methoxy groups -OCH3 is 1. The molecule has 1 amide bonds. The van der Waals surface area contributed by atoms with E-state index in [0.29, 0.717) is 31.3 Å². The molecule has 1 N–H and O–H groups in total. The predicted molar refractivity (Wildman–Crippen MR) is 108 cm³/mol. The monoisotopic (exact) mass is 402 g/mol. The molecule has 0 aliphatic carbocycles. The van der Waals surface area contributed by atoms with Crippen LogP contribution in [0.2, 0.25) is 0 Å². The van der Waals surface area contributed by atoms with Crippen molar-refractivity contribution in [3.8, 4) is 5.75 Å². The molecule has 0 aromatic heterocycles. The van der Waals surface area contributed by atoms with Gasteiger partial charge in [-0.3, -0.25) is 4.79 Å². The highest BCUT2D eigenvalue weighted by atomic mass is 32.2. The minimum atomic E-state index is -3.64. The zero-order chi connectivity index (χ0) is 20.1. The van der Waals surface area contributed by atoms with E-state index in [1.54, 1.807) is 0 Å². The molecule has 150 valence electrons. The van der Waals surface area contributed by atoms with Gasteiger partial charge in [0.15, 0.2) is 0 Å². The number of carbonyl (C=O) groups excluding carboxylic acids is 1. The van der Waals surface area contributed by atoms with Crippen LogP contribution >= 0.6 is 0 Å². The van der Waals surface area contributed by atoms with E-state index in [9.17, 15) is 13.2 Å². The van der Waals surface area contributed by atoms with Gasteiger partial charge < -0.3 is 10.1 Å². The number of benzene rings is 2. The average molecular weight is 403 g/mol. The Labute approximate surface area is 166 Å². The number of rotatable bonds is 6. The molecule has 6 nitrogen and oxygen atoms in total. The van der Waals surface area contributed by atoms with Gasteiger partial charge >= 0.3 is 0 Å². The van der Waals surface area contributed by atoms with E-state index in [0.717, 1.165) is 18.4 Å². The minimum absolute atomic E-state index is 0.118. The van der Waals surface area contributed by atoms with Crippen LogP contribution in [0.5, 0.6) is 5.75 Å². The van der Waals surface area contributed by atoms with E-state index in [4.69, 9.17) is 4.74 Å². The third-order valence-electron chi connectivity index (χ3n) is 5.09. The molecule has 0 saturated carbocycles. The van der Waals surface area contributed by atoms with Gasteiger partial charge in [-0.05, 0) is 42.5 Å². The Morgan fingerprint density at radius 3 is 2.46 bits per heavy atom. The summed E-state index contributed by atoms with van der Waals surface area (Å²) >= 11 is 0. The number of hydrogen-bond donors (Lipinski definition) is 1. The summed E-state index contributed by atoms with van der Waals surface area (Å²) in [4.78, 5) is 12.8. The second kappa shape index (κ2) is 8.75. The zero-order valence-electron chi connectivity index (χ0n) is 16.2. The van der Waals surface area contributed by atoms with Crippen molar-refractivity contribution in [3.05, 3.63) is 59.7 Å². The number of nitrogens with zero attached hydrogens (tertiary/aromatic N) is 1. The van der Waals surface area contributed by atoms with Crippen LogP contribution in [0.1, 0.15) is 35.7 Å². The van der Waals surface area contributed by atoms with Crippen molar-refractivity contribution in [1.82, 2.24) is 9.62 Å². The molecule has 0 radical (unpaired) electrons. The lowest BCUT2D eigenvalue weighted by Gasteiger charge is -2.29. The summed E-state index contributed by atoms with van der Waals surface area (Å²) in [5.74, 6) is 0.503. The lowest BCUT2D eigenvalue weighted by Crippen LogP contribution is -2.38. The van der Waals surface area contributed by atoms with Crippen molar-refractivity contribution in [2.45, 2.75) is 31.2 Å². The molecular formula is C21H26N2O4S. The van der Waals surface area contributed by atoms with Gasteiger partial charge in [0.1, 0.15) is 5.75 Å². The average Bonchev–Trinajstić information content (AvgIpc) is 2.72. The summed E-state index contributed by atoms with van der Waals surface area (Å²) < 4.78 is 32.8. The van der Waals surface area contributed by atoms with Crippen LogP contribution in [-0.4, -0.2) is 38.8 Å². The molecule has 1 aliphatic heterocycles. The van der Waals surface area contributed by atoms with Crippen LogP contribution < -0.4 is 10.1 Å². The Morgan fingerprint density at radius 1 is 1.14 bits per heavy atom. The summed E-state index contributed by atoms with van der Waals surface area (Å²) in [5.41, 5.74) is 1.17. The molecular weight excluding hydrogens is 376 g/mol. The van der Waals surface area contributed by atoms with Gasteiger partial charge in [-0.2, -0.15) is 4.31 Å². The van der Waals surface area contributed by atoms with Crippen molar-refractivity contribution < 1.29 is 17.9 Å². The SMILES string of the molecule is COc1ccc(S(=O)(=O)N2CCC(C)CC2)cc1C(=O)NCc1ccccc1. The number of hydrogen-bond acceptors (Lipinski definition) is 4. The fourth-order valence-electron chi connectivity index (χ4n) is 3.27. The summed E-state index contributed by atoms with van der Waals surface area (Å²) in [6.45, 7) is 3.49. The Morgan fingerprint density at radius 2 is 1.82 bits per heavy atom. The number of nitrogens with one attached hydrogen (secondary N) is 1. The first kappa shape index (κ1) is 20.4. The number of piperidine rings is 1. The van der Waals surface area contributed by atoms with E-state index in [2.05, 4.69) is 12.2 Å². The van der Waals surface area contributed by atoms with E-state index in [1.807, 2.05) is 30.3 Å². The molecule has 0 unspecified atom stereocenters. The first-order chi connectivity index (χ1) is 13.4. The molecule has 0 spiro atoms. The lowest BCUT2D eigenvalue weighted by atomic mass is 10.0. The van der Waals surface area contributed by atoms with Crippen LogP contribution in [0.3, 0.4) is 0 Å². The summed E-state index contributed by atoms with van der Waals surface area (Å²) in [7, 11) is -2.17. The highest BCUT2D eigenvalue weighted by Crippen LogP contribution is 2.27. The Bertz CT molecular complexity index is 921. The summed E-state index contributed by atoms with van der Waals surface area (Å²) in [5, 5.41) is 2.83. The molecule has 1 heterocycles. The maximum absolute atomic E-state index is 13.0. The van der Waals surface area contributed by atoms with Gasteiger partial charge in [0.25, 0.3) is 5.91 Å². The Balaban J connectivity index is 1.82. The quantitative estimate of drug-likeness (QED) is 0.806. The molecule has 1 saturated heterocycles. The maximum atomic E-state index is 13.0. The first-order valence-corrected chi connectivity index (χ1v) is 10.9. The molecule has 2 aromatic carbocycles. The van der Waals surface area contributed by atoms with E-state index < -0.39 is 10.0 Å². The van der Waals surface area contributed by atoms with Gasteiger partial charge in [0, 0.05) is 19.6 Å². The van der Waals surface area contributed by atoms with Crippen LogP contribution in [0, 0.1) is 5.92 Å². The number of amides is 1. The fourth-order valence-corrected chi connectivity index (χ4v) is 4.77. The van der Waals surface area contributed by atoms with Crippen LogP contribution in [0.15, 0.2) is 53.4 Å². The number of carbonyl (C=O) groups is 1. The van der Waals surface area contributed by atoms with Crippen molar-refractivity contribution >= 4 is 15.9 Å². The third-order valence-corrected chi connectivity index (χ3v) is 6.99. The molecule has 1 fully saturated rings. The van der Waals surface area contributed by atoms with Crippen LogP contribution in [0.25, 0.3) is 0 Å². The Hall–Kier alpha value is -2.38. The number of sulfonamides is 1. The standard InChI is InChI=1S/C21H26N2O4S/c1-16-10-12-23(13-11-16)28(25,26)18-8-9-20(27-2)19(14-18)21(24)22-15-17-6-4-3-5-7-17/h3-9,14,16H,10-13,15H2,1-2H3,(H,22,24). The smallest absolute Gasteiger partial charge is 0.255 e. The molecule has 7 heteroatoms. The van der Waals surface area contributed by atoms with Gasteiger partial charge in [-0.1, -0.05) is 37.3 Å². The minimum Gasteiger partial charge on any atom is -0.496 e. The lowest BCUT2D eigenvalue weighted by molar-refractivity contribution is 0.0947. The molecule has 0 bridgehead atoms. The van der Waals surface area contributed by atoms with Crippen molar-refractivity contribution in [3.63, 3.8) is 0 Å². The van der Waals surface area contributed by atoms with E-state index in [-0.39, 0.29) is 16.4 Å². The molecule has 3 rings (SSSR count). The fraction of sp³-hybridized carbons (Fsp3) is 0.381. The summed E-state index contributed by atoms with van der Waals surface area (Å²) in [6, 6.07) is 14.0. The first-order valence-electron chi connectivity index (χ1n) is 9.42. The summed E-state index contributed by atoms with van der Waals surface area (Å²) in [6.07, 6.45) is 1.69. The molecule has 0 atom stereocenters. The predicted octanol–water partition coefficient (Wildman–Crippen LogP) is 3.05. The second-order valence-electron chi connectivity index (χ2n) is 7.12.